The van der Waals surface area contributed by atoms with Crippen molar-refractivity contribution in [3.63, 3.8) is 0 Å². The van der Waals surface area contributed by atoms with Crippen LogP contribution in [0.15, 0.2) is 29.2 Å². The van der Waals surface area contributed by atoms with Gasteiger partial charge < -0.3 is 15.2 Å². The summed E-state index contributed by atoms with van der Waals surface area (Å²) in [6.07, 6.45) is -0.706. The van der Waals surface area contributed by atoms with Gasteiger partial charge in [0.25, 0.3) is 10.1 Å². The Morgan fingerprint density at radius 3 is 2.14 bits per heavy atom. The molecule has 0 spiro atoms. The highest BCUT2D eigenvalue weighted by atomic mass is 32.2. The first-order valence-corrected chi connectivity index (χ1v) is 7.72. The van der Waals surface area contributed by atoms with Crippen LogP contribution in [0.3, 0.4) is 0 Å². The van der Waals surface area contributed by atoms with Crippen molar-refractivity contribution in [2.45, 2.75) is 31.7 Å². The third-order valence-electron chi connectivity index (χ3n) is 2.30. The third kappa shape index (κ3) is 8.22. The molecule has 0 aliphatic carbocycles. The van der Waals surface area contributed by atoms with Crippen molar-refractivity contribution >= 4 is 22.2 Å². The van der Waals surface area contributed by atoms with Crippen LogP contribution in [-0.2, 0) is 19.6 Å². The number of benzene rings is 1. The number of aliphatic carboxylic acids is 1. The number of carboxylic acid groups (broad SMARTS) is 1. The molecule has 0 bridgehead atoms. The van der Waals surface area contributed by atoms with Gasteiger partial charge in [-0.25, -0.2) is 4.79 Å². The Balaban J connectivity index is 0.000000401. The molecule has 9 heteroatoms. The molecule has 1 atom stereocenters. The summed E-state index contributed by atoms with van der Waals surface area (Å²) in [5.41, 5.74) is 0.956. The second-order valence-corrected chi connectivity index (χ2v) is 5.63. The zero-order valence-electron chi connectivity index (χ0n) is 12.4. The fraction of sp³-hybridized carbons (Fsp3) is 0.385. The molecular weight excluding hydrogens is 314 g/mol. The molecule has 3 N–H and O–H groups in total. The van der Waals surface area contributed by atoms with Gasteiger partial charge in [0.1, 0.15) is 6.04 Å². The maximum Gasteiger partial charge on any atom is 0.407 e. The monoisotopic (exact) mass is 333 g/mol. The first-order chi connectivity index (χ1) is 10.1. The lowest BCUT2D eigenvalue weighted by Gasteiger charge is -2.07. The molecular formula is C13H19NO7S. The van der Waals surface area contributed by atoms with Crippen molar-refractivity contribution < 1.29 is 32.4 Å². The van der Waals surface area contributed by atoms with Crippen LogP contribution in [0.5, 0.6) is 0 Å². The molecule has 1 aromatic rings. The van der Waals surface area contributed by atoms with E-state index in [2.05, 4.69) is 10.1 Å². The Kier molecular flexibility index (Phi) is 8.13. The first kappa shape index (κ1) is 19.9. The summed E-state index contributed by atoms with van der Waals surface area (Å²) in [6.45, 7) is 5.08. The van der Waals surface area contributed by atoms with Crippen molar-refractivity contribution in [1.82, 2.24) is 5.32 Å². The summed E-state index contributed by atoms with van der Waals surface area (Å²) in [7, 11) is -4.02. The van der Waals surface area contributed by atoms with Gasteiger partial charge in [0.05, 0.1) is 11.5 Å². The Bertz CT molecular complexity index is 595. The highest BCUT2D eigenvalue weighted by Gasteiger charge is 2.13. The Morgan fingerprint density at radius 1 is 1.27 bits per heavy atom. The van der Waals surface area contributed by atoms with Crippen LogP contribution in [0.1, 0.15) is 19.4 Å². The zero-order chi connectivity index (χ0) is 17.3. The Labute approximate surface area is 128 Å². The molecule has 0 fully saturated rings. The topological polar surface area (TPSA) is 130 Å². The van der Waals surface area contributed by atoms with Crippen molar-refractivity contribution in [1.29, 1.82) is 0 Å². The number of nitrogens with one attached hydrogen (secondary N) is 1. The number of hydrogen-bond acceptors (Lipinski definition) is 5. The van der Waals surface area contributed by atoms with E-state index in [1.165, 1.54) is 19.1 Å². The molecule has 8 nitrogen and oxygen atoms in total. The van der Waals surface area contributed by atoms with E-state index in [0.717, 1.165) is 5.56 Å². The van der Waals surface area contributed by atoms with E-state index in [0.29, 0.717) is 0 Å². The van der Waals surface area contributed by atoms with E-state index in [4.69, 9.17) is 9.66 Å². The number of aryl methyl sites for hydroxylation is 1. The molecule has 1 aromatic carbocycles. The molecule has 124 valence electrons. The minimum Gasteiger partial charge on any atom is -0.480 e. The van der Waals surface area contributed by atoms with Crippen LogP contribution in [0, 0.1) is 6.92 Å². The lowest BCUT2D eigenvalue weighted by atomic mass is 10.2. The minimum absolute atomic E-state index is 0.0666. The van der Waals surface area contributed by atoms with Crippen molar-refractivity contribution in [2.24, 2.45) is 0 Å². The highest BCUT2D eigenvalue weighted by molar-refractivity contribution is 7.85. The average molecular weight is 333 g/mol. The van der Waals surface area contributed by atoms with E-state index >= 15 is 0 Å². The number of carboxylic acids is 1. The van der Waals surface area contributed by atoms with Crippen LogP contribution in [0.25, 0.3) is 0 Å². The average Bonchev–Trinajstić information content (AvgIpc) is 2.38. The summed E-state index contributed by atoms with van der Waals surface area (Å²) >= 11 is 0. The van der Waals surface area contributed by atoms with Gasteiger partial charge in [0.15, 0.2) is 0 Å². The van der Waals surface area contributed by atoms with E-state index in [-0.39, 0.29) is 11.5 Å². The molecule has 0 saturated heterocycles. The van der Waals surface area contributed by atoms with Gasteiger partial charge >= 0.3 is 12.1 Å². The number of alkyl carbamates (subject to hydrolysis) is 1. The van der Waals surface area contributed by atoms with Crippen LogP contribution in [0.4, 0.5) is 4.79 Å². The third-order valence-corrected chi connectivity index (χ3v) is 3.17. The van der Waals surface area contributed by atoms with Gasteiger partial charge in [0.2, 0.25) is 0 Å². The summed E-state index contributed by atoms with van der Waals surface area (Å²) in [6, 6.07) is 5.08. The number of carbonyl (C=O) groups is 2. The van der Waals surface area contributed by atoms with Crippen LogP contribution >= 0.6 is 0 Å². The van der Waals surface area contributed by atoms with Crippen molar-refractivity contribution in [3.8, 4) is 0 Å². The van der Waals surface area contributed by atoms with Gasteiger partial charge in [-0.15, -0.1) is 0 Å². The predicted octanol–water partition coefficient (Wildman–Crippen LogP) is 1.45. The summed E-state index contributed by atoms with van der Waals surface area (Å²) in [5.74, 6) is -1.09. The normalized spacial score (nSPS) is 11.6. The van der Waals surface area contributed by atoms with E-state index in [1.807, 2.05) is 6.92 Å². The molecule has 0 saturated carbocycles. The molecule has 0 aliphatic heterocycles. The van der Waals surface area contributed by atoms with Crippen LogP contribution < -0.4 is 5.32 Å². The Morgan fingerprint density at radius 2 is 1.77 bits per heavy atom. The maximum absolute atomic E-state index is 10.6. The van der Waals surface area contributed by atoms with Crippen LogP contribution in [0.2, 0.25) is 0 Å². The molecule has 22 heavy (non-hydrogen) atoms. The minimum atomic E-state index is -4.02. The second kappa shape index (κ2) is 9.00. The number of rotatable bonds is 4. The lowest BCUT2D eigenvalue weighted by Crippen LogP contribution is -2.38. The quantitative estimate of drug-likeness (QED) is 0.711. The van der Waals surface area contributed by atoms with Gasteiger partial charge in [-0.3, -0.25) is 9.35 Å². The molecule has 1 amide bonds. The lowest BCUT2D eigenvalue weighted by molar-refractivity contribution is -0.138. The van der Waals surface area contributed by atoms with Gasteiger partial charge in [-0.2, -0.15) is 8.42 Å². The van der Waals surface area contributed by atoms with Crippen molar-refractivity contribution in [2.75, 3.05) is 6.61 Å². The van der Waals surface area contributed by atoms with Gasteiger partial charge in [-0.1, -0.05) is 17.7 Å². The first-order valence-electron chi connectivity index (χ1n) is 6.28. The van der Waals surface area contributed by atoms with Crippen molar-refractivity contribution in [3.05, 3.63) is 29.8 Å². The summed E-state index contributed by atoms with van der Waals surface area (Å²) < 4.78 is 34.0. The molecule has 0 unspecified atom stereocenters. The number of carbonyl (C=O) groups excluding carboxylic acids is 1. The smallest absolute Gasteiger partial charge is 0.407 e. The molecule has 0 aromatic heterocycles. The van der Waals surface area contributed by atoms with E-state index in [9.17, 15) is 18.0 Å². The zero-order valence-corrected chi connectivity index (χ0v) is 13.3. The summed E-state index contributed by atoms with van der Waals surface area (Å²) in [4.78, 5) is 20.7. The second-order valence-electron chi connectivity index (χ2n) is 4.21. The standard InChI is InChI=1S/C7H8O3S.C6H11NO4/c1-6-2-4-7(5-3-6)11(8,9)10;1-3-11-6(10)7-4(2)5(8)9/h2-5H,1H3,(H,8,9,10);4H,3H2,1-2H3,(H,7,10)(H,8,9)/t;4-/m.0/s1. The molecule has 0 heterocycles. The van der Waals surface area contributed by atoms with E-state index < -0.39 is 28.2 Å². The van der Waals surface area contributed by atoms with E-state index in [1.54, 1.807) is 19.1 Å². The molecule has 1 rings (SSSR count). The number of hydrogen-bond donors (Lipinski definition) is 3. The Hall–Kier alpha value is -2.13. The number of ether oxygens (including phenoxy) is 1. The maximum atomic E-state index is 10.6. The van der Waals surface area contributed by atoms with Gasteiger partial charge in [-0.05, 0) is 32.9 Å². The fourth-order valence-corrected chi connectivity index (χ4v) is 1.60. The fourth-order valence-electron chi connectivity index (χ4n) is 1.12. The highest BCUT2D eigenvalue weighted by Crippen LogP contribution is 2.08. The predicted molar refractivity (Wildman–Crippen MR) is 78.2 cm³/mol. The van der Waals surface area contributed by atoms with Crippen LogP contribution in [-0.4, -0.2) is 42.8 Å². The molecule has 0 radical (unpaired) electrons. The summed E-state index contributed by atoms with van der Waals surface area (Å²) in [5, 5.41) is 10.4. The SMILES string of the molecule is CCOC(=O)N[C@@H](C)C(=O)O.Cc1ccc(S(=O)(=O)O)cc1. The van der Waals surface area contributed by atoms with Gasteiger partial charge in [0, 0.05) is 0 Å². The largest absolute Gasteiger partial charge is 0.480 e. The number of amides is 1. The molecule has 0 aliphatic rings.